The van der Waals surface area contributed by atoms with Crippen LogP contribution in [0.4, 0.5) is 5.69 Å². The molecular formula is C21H21N3O2. The zero-order valence-electron chi connectivity index (χ0n) is 15.0. The number of rotatable bonds is 3. The lowest BCUT2D eigenvalue weighted by Gasteiger charge is -2.15. The van der Waals surface area contributed by atoms with Crippen molar-refractivity contribution in [3.63, 3.8) is 0 Å². The molecule has 0 spiro atoms. The predicted octanol–water partition coefficient (Wildman–Crippen LogP) is 3.67. The molecular weight excluding hydrogens is 326 g/mol. The Morgan fingerprint density at radius 1 is 0.962 bits per heavy atom. The molecule has 2 aromatic carbocycles. The molecule has 0 aliphatic rings. The van der Waals surface area contributed by atoms with Gasteiger partial charge in [-0.2, -0.15) is 0 Å². The van der Waals surface area contributed by atoms with Crippen molar-refractivity contribution in [2.75, 3.05) is 5.32 Å². The Kier molecular flexibility index (Phi) is 4.98. The number of aromatic nitrogens is 1. The number of benzene rings is 2. The van der Waals surface area contributed by atoms with E-state index < -0.39 is 11.8 Å². The standard InChI is InChI=1S/C21H21N3O2/c1-13-8-14(2)10-17(9-13)15(3)23-20(25)21(26)24-18-11-16-6-4-5-7-19(16)22-12-18/h4-12,15H,1-3H3,(H,23,25)(H,24,26)/t15-/m0/s1. The summed E-state index contributed by atoms with van der Waals surface area (Å²) < 4.78 is 0. The summed E-state index contributed by atoms with van der Waals surface area (Å²) in [6.07, 6.45) is 1.54. The van der Waals surface area contributed by atoms with Gasteiger partial charge >= 0.3 is 11.8 Å². The molecule has 1 aromatic heterocycles. The number of fused-ring (bicyclic) bond motifs is 1. The third-order valence-electron chi connectivity index (χ3n) is 4.15. The van der Waals surface area contributed by atoms with Gasteiger partial charge in [0.05, 0.1) is 23.4 Å². The lowest BCUT2D eigenvalue weighted by atomic mass is 10.0. The highest BCUT2D eigenvalue weighted by Gasteiger charge is 2.18. The largest absolute Gasteiger partial charge is 0.341 e. The normalized spacial score (nSPS) is 11.8. The van der Waals surface area contributed by atoms with E-state index in [1.165, 1.54) is 0 Å². The second-order valence-corrected chi connectivity index (χ2v) is 6.49. The molecule has 5 heteroatoms. The quantitative estimate of drug-likeness (QED) is 0.710. The number of aryl methyl sites for hydroxylation is 2. The average Bonchev–Trinajstić information content (AvgIpc) is 2.60. The molecule has 1 atom stereocenters. The fourth-order valence-electron chi connectivity index (χ4n) is 2.93. The van der Waals surface area contributed by atoms with Gasteiger partial charge in [0, 0.05) is 5.39 Å². The Hall–Kier alpha value is -3.21. The van der Waals surface area contributed by atoms with Gasteiger partial charge in [0.15, 0.2) is 0 Å². The van der Waals surface area contributed by atoms with Crippen molar-refractivity contribution < 1.29 is 9.59 Å². The molecule has 0 bridgehead atoms. The first-order chi connectivity index (χ1) is 12.4. The summed E-state index contributed by atoms with van der Waals surface area (Å²) in [4.78, 5) is 28.7. The van der Waals surface area contributed by atoms with Gasteiger partial charge < -0.3 is 10.6 Å². The van der Waals surface area contributed by atoms with E-state index in [9.17, 15) is 9.59 Å². The van der Waals surface area contributed by atoms with E-state index in [0.717, 1.165) is 27.6 Å². The Morgan fingerprint density at radius 2 is 1.65 bits per heavy atom. The van der Waals surface area contributed by atoms with E-state index in [1.807, 2.05) is 57.2 Å². The molecule has 2 amide bonds. The van der Waals surface area contributed by atoms with Gasteiger partial charge in [-0.1, -0.05) is 47.5 Å². The fourth-order valence-corrected chi connectivity index (χ4v) is 2.93. The Balaban J connectivity index is 1.67. The number of carbonyl (C=O) groups excluding carboxylic acids is 2. The average molecular weight is 347 g/mol. The van der Waals surface area contributed by atoms with E-state index in [2.05, 4.69) is 21.7 Å². The zero-order valence-corrected chi connectivity index (χ0v) is 15.0. The molecule has 0 unspecified atom stereocenters. The number of hydrogen-bond acceptors (Lipinski definition) is 3. The highest BCUT2D eigenvalue weighted by atomic mass is 16.2. The van der Waals surface area contributed by atoms with Crippen molar-refractivity contribution in [2.45, 2.75) is 26.8 Å². The second kappa shape index (κ2) is 7.35. The number of carbonyl (C=O) groups is 2. The van der Waals surface area contributed by atoms with Crippen LogP contribution < -0.4 is 10.6 Å². The molecule has 132 valence electrons. The van der Waals surface area contributed by atoms with Crippen molar-refractivity contribution in [1.82, 2.24) is 10.3 Å². The molecule has 0 aliphatic heterocycles. The summed E-state index contributed by atoms with van der Waals surface area (Å²) in [6.45, 7) is 5.87. The minimum Gasteiger partial charge on any atom is -0.341 e. The van der Waals surface area contributed by atoms with E-state index in [-0.39, 0.29) is 6.04 Å². The number of para-hydroxylation sites is 1. The molecule has 2 N–H and O–H groups in total. The van der Waals surface area contributed by atoms with Gasteiger partial charge in [0.2, 0.25) is 0 Å². The van der Waals surface area contributed by atoms with Gasteiger partial charge in [-0.05, 0) is 38.5 Å². The maximum atomic E-state index is 12.2. The minimum atomic E-state index is -0.710. The molecule has 0 saturated carbocycles. The van der Waals surface area contributed by atoms with Gasteiger partial charge in [-0.25, -0.2) is 0 Å². The van der Waals surface area contributed by atoms with Crippen LogP contribution in [0.1, 0.15) is 29.7 Å². The first-order valence-electron chi connectivity index (χ1n) is 8.47. The van der Waals surface area contributed by atoms with Crippen LogP contribution in [0, 0.1) is 13.8 Å². The van der Waals surface area contributed by atoms with Gasteiger partial charge in [-0.3, -0.25) is 14.6 Å². The number of amides is 2. The molecule has 0 saturated heterocycles. The highest BCUT2D eigenvalue weighted by molar-refractivity contribution is 6.39. The monoisotopic (exact) mass is 347 g/mol. The van der Waals surface area contributed by atoms with Crippen LogP contribution in [0.3, 0.4) is 0 Å². The lowest BCUT2D eigenvalue weighted by Crippen LogP contribution is -2.37. The SMILES string of the molecule is Cc1cc(C)cc([C@H](C)NC(=O)C(=O)Nc2cnc3ccccc3c2)c1. The van der Waals surface area contributed by atoms with Crippen molar-refractivity contribution in [2.24, 2.45) is 0 Å². The zero-order chi connectivity index (χ0) is 18.7. The Morgan fingerprint density at radius 3 is 2.38 bits per heavy atom. The Bertz CT molecular complexity index is 962. The highest BCUT2D eigenvalue weighted by Crippen LogP contribution is 2.18. The van der Waals surface area contributed by atoms with Gasteiger partial charge in [0.25, 0.3) is 0 Å². The molecule has 0 aliphatic carbocycles. The third kappa shape index (κ3) is 4.06. The van der Waals surface area contributed by atoms with E-state index >= 15 is 0 Å². The number of nitrogens with zero attached hydrogens (tertiary/aromatic N) is 1. The lowest BCUT2D eigenvalue weighted by molar-refractivity contribution is -0.136. The number of nitrogens with one attached hydrogen (secondary N) is 2. The molecule has 26 heavy (non-hydrogen) atoms. The van der Waals surface area contributed by atoms with Crippen molar-refractivity contribution in [3.8, 4) is 0 Å². The van der Waals surface area contributed by atoms with Crippen LogP contribution in [0.2, 0.25) is 0 Å². The maximum absolute atomic E-state index is 12.2. The van der Waals surface area contributed by atoms with E-state index in [0.29, 0.717) is 5.69 Å². The van der Waals surface area contributed by atoms with Gasteiger partial charge in [0.1, 0.15) is 0 Å². The predicted molar refractivity (Wildman–Crippen MR) is 103 cm³/mol. The first-order valence-corrected chi connectivity index (χ1v) is 8.47. The number of pyridine rings is 1. The second-order valence-electron chi connectivity index (χ2n) is 6.49. The fraction of sp³-hybridized carbons (Fsp3) is 0.190. The summed E-state index contributed by atoms with van der Waals surface area (Å²) in [5.41, 5.74) is 4.53. The Labute approximate surface area is 152 Å². The topological polar surface area (TPSA) is 71.1 Å². The van der Waals surface area contributed by atoms with E-state index in [4.69, 9.17) is 0 Å². The summed E-state index contributed by atoms with van der Waals surface area (Å²) in [6, 6.07) is 15.2. The summed E-state index contributed by atoms with van der Waals surface area (Å²) >= 11 is 0. The van der Waals surface area contributed by atoms with Crippen molar-refractivity contribution >= 4 is 28.4 Å². The van der Waals surface area contributed by atoms with Crippen LogP contribution >= 0.6 is 0 Å². The van der Waals surface area contributed by atoms with Crippen LogP contribution in [-0.4, -0.2) is 16.8 Å². The third-order valence-corrected chi connectivity index (χ3v) is 4.15. The molecule has 0 fully saturated rings. The molecule has 3 rings (SSSR count). The molecule has 0 radical (unpaired) electrons. The van der Waals surface area contributed by atoms with Crippen LogP contribution in [-0.2, 0) is 9.59 Å². The minimum absolute atomic E-state index is 0.262. The van der Waals surface area contributed by atoms with Crippen LogP contribution in [0.15, 0.2) is 54.7 Å². The molecule has 3 aromatic rings. The maximum Gasteiger partial charge on any atom is 0.313 e. The molecule has 5 nitrogen and oxygen atoms in total. The van der Waals surface area contributed by atoms with E-state index in [1.54, 1.807) is 12.3 Å². The van der Waals surface area contributed by atoms with Crippen LogP contribution in [0.25, 0.3) is 10.9 Å². The first kappa shape index (κ1) is 17.6. The summed E-state index contributed by atoms with van der Waals surface area (Å²) in [7, 11) is 0. The summed E-state index contributed by atoms with van der Waals surface area (Å²) in [5.74, 6) is -1.39. The smallest absolute Gasteiger partial charge is 0.313 e. The summed E-state index contributed by atoms with van der Waals surface area (Å²) in [5, 5.41) is 6.23. The van der Waals surface area contributed by atoms with Crippen molar-refractivity contribution in [3.05, 3.63) is 71.4 Å². The molecule has 1 heterocycles. The van der Waals surface area contributed by atoms with Gasteiger partial charge in [-0.15, -0.1) is 0 Å². The van der Waals surface area contributed by atoms with Crippen molar-refractivity contribution in [1.29, 1.82) is 0 Å². The van der Waals surface area contributed by atoms with Crippen LogP contribution in [0.5, 0.6) is 0 Å². The number of hydrogen-bond donors (Lipinski definition) is 2. The number of anilines is 1.